The summed E-state index contributed by atoms with van der Waals surface area (Å²) < 4.78 is 118. The van der Waals surface area contributed by atoms with Gasteiger partial charge < -0.3 is 25.3 Å². The number of rotatable bonds is 14. The number of nitrogens with two attached hydrogens (primary N) is 1. The molecule has 0 amide bonds. The summed E-state index contributed by atoms with van der Waals surface area (Å²) in [5.41, 5.74) is 7.91. The highest BCUT2D eigenvalue weighted by Crippen LogP contribution is 2.32. The molecule has 0 aromatic heterocycles. The van der Waals surface area contributed by atoms with Crippen LogP contribution in [0.15, 0.2) is 66.7 Å². The van der Waals surface area contributed by atoms with Crippen molar-refractivity contribution < 1.29 is 58.9 Å². The molecule has 3 N–H and O–H groups in total. The number of carbonyl (C=O) groups is 2. The van der Waals surface area contributed by atoms with Crippen LogP contribution in [-0.2, 0) is 31.9 Å². The summed E-state index contributed by atoms with van der Waals surface area (Å²) in [7, 11) is 0. The Bertz CT molecular complexity index is 1540. The van der Waals surface area contributed by atoms with Gasteiger partial charge in [-0.3, -0.25) is 9.59 Å². The minimum absolute atomic E-state index is 0.1000. The van der Waals surface area contributed by atoms with Crippen LogP contribution in [0, 0.1) is 11.6 Å². The molecule has 49 heavy (non-hydrogen) atoms. The number of Topliss-reactive ketones (excluding diaryl/α,β-unsaturated/α-hetero) is 1. The molecule has 0 aliphatic carbocycles. The number of hydrogen-bond acceptors (Lipinski definition) is 7. The number of alkyl halides is 6. The minimum Gasteiger partial charge on any atom is -0.464 e. The van der Waals surface area contributed by atoms with Crippen molar-refractivity contribution in [3.8, 4) is 5.75 Å². The van der Waals surface area contributed by atoms with Crippen LogP contribution < -0.4 is 15.8 Å². The number of halogens is 8. The molecule has 3 aromatic rings. The Hall–Kier alpha value is -4.08. The zero-order valence-corrected chi connectivity index (χ0v) is 26.0. The summed E-state index contributed by atoms with van der Waals surface area (Å²) in [6.07, 6.45) is -11.6. The first-order chi connectivity index (χ1) is 23.1. The monoisotopic (exact) mass is 702 g/mol. The van der Waals surface area contributed by atoms with E-state index in [-0.39, 0.29) is 37.7 Å². The van der Waals surface area contributed by atoms with E-state index >= 15 is 4.39 Å². The maximum absolute atomic E-state index is 15.1. The molecule has 0 spiro atoms. The van der Waals surface area contributed by atoms with Crippen LogP contribution in [0.4, 0.5) is 35.1 Å². The van der Waals surface area contributed by atoms with Gasteiger partial charge in [0.2, 0.25) is 0 Å². The van der Waals surface area contributed by atoms with Gasteiger partial charge in [-0.1, -0.05) is 36.4 Å². The van der Waals surface area contributed by atoms with Crippen LogP contribution in [0.2, 0.25) is 0 Å². The summed E-state index contributed by atoms with van der Waals surface area (Å²) in [6.45, 7) is 0.223. The summed E-state index contributed by atoms with van der Waals surface area (Å²) >= 11 is 0. The topological polar surface area (TPSA) is 99.9 Å². The Balaban J connectivity index is 1.38. The van der Waals surface area contributed by atoms with Crippen LogP contribution >= 0.6 is 0 Å². The Morgan fingerprint density at radius 3 is 2.18 bits per heavy atom. The van der Waals surface area contributed by atoms with E-state index < -0.39 is 72.5 Å². The third-order valence-corrected chi connectivity index (χ3v) is 7.96. The summed E-state index contributed by atoms with van der Waals surface area (Å²) in [5.74, 6) is -3.93. The van der Waals surface area contributed by atoms with Crippen LogP contribution in [0.25, 0.3) is 0 Å². The van der Waals surface area contributed by atoms with Crippen molar-refractivity contribution in [2.24, 2.45) is 5.73 Å². The summed E-state index contributed by atoms with van der Waals surface area (Å²) in [5, 5.41) is 3.10. The molecule has 4 atom stereocenters. The highest BCUT2D eigenvalue weighted by Gasteiger charge is 2.33. The zero-order valence-electron chi connectivity index (χ0n) is 26.0. The summed E-state index contributed by atoms with van der Waals surface area (Å²) in [6, 6.07) is 12.6. The molecule has 0 radical (unpaired) electrons. The third kappa shape index (κ3) is 11.8. The van der Waals surface area contributed by atoms with Crippen molar-refractivity contribution >= 4 is 11.8 Å². The van der Waals surface area contributed by atoms with Gasteiger partial charge in [0.25, 0.3) is 0 Å². The molecule has 3 aromatic carbocycles. The Kier molecular flexibility index (Phi) is 12.7. The van der Waals surface area contributed by atoms with E-state index in [1.165, 1.54) is 48.5 Å². The second-order valence-corrected chi connectivity index (χ2v) is 11.6. The van der Waals surface area contributed by atoms with Crippen molar-refractivity contribution in [1.82, 2.24) is 5.32 Å². The lowest BCUT2D eigenvalue weighted by atomic mass is 9.82. The molecule has 7 nitrogen and oxygen atoms in total. The van der Waals surface area contributed by atoms with Gasteiger partial charge in [-0.2, -0.15) is 13.2 Å². The number of ether oxygens (including phenoxy) is 3. The quantitative estimate of drug-likeness (QED) is 0.150. The van der Waals surface area contributed by atoms with E-state index in [1.807, 2.05) is 0 Å². The number of nitrogens with one attached hydrogen (secondary N) is 1. The first-order valence-electron chi connectivity index (χ1n) is 15.3. The molecule has 1 heterocycles. The fraction of sp³-hybridized carbons (Fsp3) is 0.412. The maximum Gasteiger partial charge on any atom is 0.573 e. The maximum atomic E-state index is 15.1. The molecule has 0 bridgehead atoms. The van der Waals surface area contributed by atoms with Gasteiger partial charge in [0.15, 0.2) is 5.78 Å². The molecule has 1 aliphatic heterocycles. The number of morpholine rings is 1. The van der Waals surface area contributed by atoms with Crippen LogP contribution in [0.3, 0.4) is 0 Å². The van der Waals surface area contributed by atoms with E-state index in [0.29, 0.717) is 29.7 Å². The third-order valence-electron chi connectivity index (χ3n) is 7.96. The van der Waals surface area contributed by atoms with Crippen LogP contribution in [0.5, 0.6) is 5.75 Å². The molecule has 0 saturated carbocycles. The highest BCUT2D eigenvalue weighted by atomic mass is 19.4. The number of ketones is 1. The van der Waals surface area contributed by atoms with Gasteiger partial charge in [0.05, 0.1) is 37.6 Å². The standard InChI is InChI=1S/C34H34F8N2O5/c35-23-8-4-20(5-9-23)31(21-6-10-25(11-7-21)49-34(40,41)42)32(43)29(45)16-22-2-1-3-28(36)27(22)13-12-26-17-44-24(18-47-26)19-48-30(46)14-15-33(37,38)39/h1-11,24,26,31-32,44H,12-19,43H2/t24-,26+,31-,32+/m0/s1. The van der Waals surface area contributed by atoms with Crippen molar-refractivity contribution in [1.29, 1.82) is 0 Å². The average molecular weight is 703 g/mol. The molecule has 4 rings (SSSR count). The molecule has 266 valence electrons. The molecule has 1 fully saturated rings. The summed E-state index contributed by atoms with van der Waals surface area (Å²) in [4.78, 5) is 25.2. The predicted octanol–water partition coefficient (Wildman–Crippen LogP) is 6.31. The number of benzene rings is 3. The number of hydrogen-bond donors (Lipinski definition) is 2. The number of esters is 1. The lowest BCUT2D eigenvalue weighted by Gasteiger charge is -2.30. The smallest absolute Gasteiger partial charge is 0.464 e. The molecular weight excluding hydrogens is 668 g/mol. The van der Waals surface area contributed by atoms with Crippen molar-refractivity contribution in [2.45, 2.75) is 68.7 Å². The van der Waals surface area contributed by atoms with Gasteiger partial charge in [0, 0.05) is 18.9 Å². The molecule has 15 heteroatoms. The first kappa shape index (κ1) is 37.7. The second-order valence-electron chi connectivity index (χ2n) is 11.6. The number of carbonyl (C=O) groups excluding carboxylic acids is 2. The van der Waals surface area contributed by atoms with Gasteiger partial charge in [0.1, 0.15) is 24.0 Å². The van der Waals surface area contributed by atoms with Gasteiger partial charge in [-0.15, -0.1) is 13.2 Å². The van der Waals surface area contributed by atoms with Crippen molar-refractivity contribution in [2.75, 3.05) is 19.8 Å². The Labute approximate surface area is 276 Å². The van der Waals surface area contributed by atoms with Gasteiger partial charge >= 0.3 is 18.5 Å². The fourth-order valence-corrected chi connectivity index (χ4v) is 5.47. The average Bonchev–Trinajstić information content (AvgIpc) is 3.03. The van der Waals surface area contributed by atoms with E-state index in [1.54, 1.807) is 6.07 Å². The molecular formula is C34H34F8N2O5. The lowest BCUT2D eigenvalue weighted by molar-refractivity contribution is -0.274. The minimum atomic E-state index is -4.91. The lowest BCUT2D eigenvalue weighted by Crippen LogP contribution is -2.49. The van der Waals surface area contributed by atoms with Crippen molar-refractivity contribution in [3.05, 3.63) is 101 Å². The van der Waals surface area contributed by atoms with Crippen LogP contribution in [-0.4, -0.2) is 62.2 Å². The van der Waals surface area contributed by atoms with E-state index in [4.69, 9.17) is 15.2 Å². The molecule has 1 saturated heterocycles. The largest absolute Gasteiger partial charge is 0.573 e. The zero-order chi connectivity index (χ0) is 35.8. The SMILES string of the molecule is N[C@H](C(=O)Cc1cccc(F)c1CC[C@@H]1CN[C@H](COC(=O)CCC(F)(F)F)CO1)[C@@H](c1ccc(F)cc1)c1ccc(OC(F)(F)F)cc1. The van der Waals surface area contributed by atoms with E-state index in [9.17, 15) is 40.3 Å². The fourth-order valence-electron chi connectivity index (χ4n) is 5.47. The van der Waals surface area contributed by atoms with Crippen molar-refractivity contribution in [3.63, 3.8) is 0 Å². The van der Waals surface area contributed by atoms with Gasteiger partial charge in [-0.25, -0.2) is 8.78 Å². The molecule has 1 aliphatic rings. The van der Waals surface area contributed by atoms with Crippen LogP contribution in [0.1, 0.15) is 47.4 Å². The van der Waals surface area contributed by atoms with E-state index in [2.05, 4.69) is 10.1 Å². The Morgan fingerprint density at radius 2 is 1.59 bits per heavy atom. The van der Waals surface area contributed by atoms with Gasteiger partial charge in [-0.05, 0) is 65.4 Å². The Morgan fingerprint density at radius 1 is 0.939 bits per heavy atom. The highest BCUT2D eigenvalue weighted by molar-refractivity contribution is 5.87. The normalized spacial score (nSPS) is 18.1. The van der Waals surface area contributed by atoms with E-state index in [0.717, 1.165) is 12.1 Å². The molecule has 0 unspecified atom stereocenters. The predicted molar refractivity (Wildman–Crippen MR) is 161 cm³/mol. The second kappa shape index (κ2) is 16.5. The first-order valence-corrected chi connectivity index (χ1v) is 15.3.